The van der Waals surface area contributed by atoms with Crippen LogP contribution in [0.15, 0.2) is 0 Å². The highest BCUT2D eigenvalue weighted by Gasteiger charge is 2.17. The van der Waals surface area contributed by atoms with Gasteiger partial charge in [-0.05, 0) is 13.8 Å². The molecule has 0 unspecified atom stereocenters. The van der Waals surface area contributed by atoms with Gasteiger partial charge in [0.15, 0.2) is 5.13 Å². The number of carbonyl (C=O) groups is 1. The van der Waals surface area contributed by atoms with E-state index in [9.17, 15) is 4.79 Å². The fourth-order valence-corrected chi connectivity index (χ4v) is 3.96. The third-order valence-electron chi connectivity index (χ3n) is 3.09. The minimum atomic E-state index is -0.131. The van der Waals surface area contributed by atoms with Gasteiger partial charge in [-0.1, -0.05) is 11.3 Å². The topological polar surface area (TPSA) is 83.3 Å². The smallest absolute Gasteiger partial charge is 0.265 e. The molecule has 1 aromatic heterocycles. The van der Waals surface area contributed by atoms with Gasteiger partial charge in [-0.25, -0.2) is 4.98 Å². The van der Waals surface area contributed by atoms with Crippen molar-refractivity contribution in [3.63, 3.8) is 0 Å². The number of thiazole rings is 1. The van der Waals surface area contributed by atoms with E-state index in [0.29, 0.717) is 22.4 Å². The van der Waals surface area contributed by atoms with Crippen molar-refractivity contribution in [3.8, 4) is 0 Å². The summed E-state index contributed by atoms with van der Waals surface area (Å²) in [5.74, 6) is 2.53. The van der Waals surface area contributed by atoms with E-state index in [1.54, 1.807) is 0 Å². The lowest BCUT2D eigenvalue weighted by atomic mass is 10.4. The molecule has 6 nitrogen and oxygen atoms in total. The number of aromatic nitrogens is 1. The molecule has 1 aromatic rings. The average Bonchev–Trinajstić information content (AvgIpc) is 2.80. The van der Waals surface area contributed by atoms with Crippen molar-refractivity contribution in [2.75, 3.05) is 48.7 Å². The first-order valence-corrected chi connectivity index (χ1v) is 9.14. The summed E-state index contributed by atoms with van der Waals surface area (Å²) < 4.78 is 0. The van der Waals surface area contributed by atoms with E-state index in [4.69, 9.17) is 5.73 Å². The minimum Gasteiger partial charge on any atom is -0.382 e. The highest BCUT2D eigenvalue weighted by Crippen LogP contribution is 2.25. The van der Waals surface area contributed by atoms with Gasteiger partial charge >= 0.3 is 0 Å². The number of carbonyl (C=O) groups excluding carboxylic acids is 1. The van der Waals surface area contributed by atoms with E-state index in [1.807, 2.05) is 25.6 Å². The van der Waals surface area contributed by atoms with Crippen LogP contribution in [0.3, 0.4) is 0 Å². The van der Waals surface area contributed by atoms with Gasteiger partial charge in [0.05, 0.1) is 0 Å². The second-order valence-corrected chi connectivity index (χ2v) is 7.47. The third-order valence-corrected chi connectivity index (χ3v) is 5.03. The Kier molecular flexibility index (Phi) is 6.13. The summed E-state index contributed by atoms with van der Waals surface area (Å²) in [6, 6.07) is 0.267. The molecule has 8 heteroatoms. The standard InChI is InChI=1S/C13H23N5OS2/c1-9(2)16-13-17-11(14)10(21-13)12(19)15-3-4-18-5-7-20-8-6-18/h9H,3-8,14H2,1-2H3,(H,15,19)(H,16,17). The molecule has 0 radical (unpaired) electrons. The Bertz CT molecular complexity index is 471. The molecule has 0 saturated carbocycles. The summed E-state index contributed by atoms with van der Waals surface area (Å²) in [7, 11) is 0. The van der Waals surface area contributed by atoms with Crippen LogP contribution in [0.5, 0.6) is 0 Å². The Morgan fingerprint density at radius 3 is 2.81 bits per heavy atom. The SMILES string of the molecule is CC(C)Nc1nc(N)c(C(=O)NCCN2CCSCC2)s1. The van der Waals surface area contributed by atoms with Crippen LogP contribution in [-0.2, 0) is 0 Å². The molecule has 1 saturated heterocycles. The lowest BCUT2D eigenvalue weighted by Crippen LogP contribution is -2.39. The van der Waals surface area contributed by atoms with Gasteiger partial charge in [0.25, 0.3) is 5.91 Å². The van der Waals surface area contributed by atoms with Crippen molar-refractivity contribution in [2.24, 2.45) is 0 Å². The number of hydrogen-bond donors (Lipinski definition) is 3. The number of amides is 1. The maximum atomic E-state index is 12.1. The van der Waals surface area contributed by atoms with E-state index in [0.717, 1.165) is 19.6 Å². The van der Waals surface area contributed by atoms with E-state index in [2.05, 4.69) is 20.5 Å². The lowest BCUT2D eigenvalue weighted by Gasteiger charge is -2.25. The average molecular weight is 329 g/mol. The Labute approximate surface area is 133 Å². The molecule has 0 aliphatic carbocycles. The highest BCUT2D eigenvalue weighted by molar-refractivity contribution is 7.99. The summed E-state index contributed by atoms with van der Waals surface area (Å²) >= 11 is 3.29. The van der Waals surface area contributed by atoms with Crippen molar-refractivity contribution in [1.29, 1.82) is 0 Å². The van der Waals surface area contributed by atoms with E-state index in [-0.39, 0.29) is 11.9 Å². The first-order valence-electron chi connectivity index (χ1n) is 7.17. The van der Waals surface area contributed by atoms with E-state index < -0.39 is 0 Å². The Morgan fingerprint density at radius 2 is 2.14 bits per heavy atom. The second-order valence-electron chi connectivity index (χ2n) is 5.24. The summed E-state index contributed by atoms with van der Waals surface area (Å²) in [6.07, 6.45) is 0. The zero-order valence-corrected chi connectivity index (χ0v) is 14.1. The molecular formula is C13H23N5OS2. The Morgan fingerprint density at radius 1 is 1.43 bits per heavy atom. The predicted octanol–water partition coefficient (Wildman–Crippen LogP) is 1.32. The number of hydrogen-bond acceptors (Lipinski definition) is 7. The summed E-state index contributed by atoms with van der Waals surface area (Å²) in [6.45, 7) is 7.79. The van der Waals surface area contributed by atoms with E-state index in [1.165, 1.54) is 22.8 Å². The molecule has 21 heavy (non-hydrogen) atoms. The molecule has 1 aliphatic rings. The van der Waals surface area contributed by atoms with Crippen molar-refractivity contribution < 1.29 is 4.79 Å². The number of nitrogens with zero attached hydrogens (tertiary/aromatic N) is 2. The van der Waals surface area contributed by atoms with Crippen molar-refractivity contribution in [2.45, 2.75) is 19.9 Å². The molecule has 0 spiro atoms. The molecule has 2 rings (SSSR count). The molecule has 0 atom stereocenters. The van der Waals surface area contributed by atoms with Crippen LogP contribution in [0, 0.1) is 0 Å². The fraction of sp³-hybridized carbons (Fsp3) is 0.692. The van der Waals surface area contributed by atoms with Gasteiger partial charge in [-0.15, -0.1) is 0 Å². The van der Waals surface area contributed by atoms with Crippen LogP contribution in [0.4, 0.5) is 10.9 Å². The van der Waals surface area contributed by atoms with Gasteiger partial charge in [-0.2, -0.15) is 11.8 Å². The molecule has 0 bridgehead atoms. The van der Waals surface area contributed by atoms with Crippen LogP contribution in [0.25, 0.3) is 0 Å². The molecular weight excluding hydrogens is 306 g/mol. The number of rotatable bonds is 6. The molecule has 4 N–H and O–H groups in total. The van der Waals surface area contributed by atoms with Crippen LogP contribution < -0.4 is 16.4 Å². The minimum absolute atomic E-state index is 0.131. The summed E-state index contributed by atoms with van der Waals surface area (Å²) in [5.41, 5.74) is 5.82. The van der Waals surface area contributed by atoms with Gasteiger partial charge in [0, 0.05) is 43.7 Å². The fourth-order valence-electron chi connectivity index (χ4n) is 2.04. The van der Waals surface area contributed by atoms with Crippen molar-refractivity contribution >= 4 is 40.0 Å². The zero-order chi connectivity index (χ0) is 15.2. The maximum Gasteiger partial charge on any atom is 0.265 e. The Balaban J connectivity index is 1.81. The van der Waals surface area contributed by atoms with E-state index >= 15 is 0 Å². The van der Waals surface area contributed by atoms with Crippen LogP contribution in [0.2, 0.25) is 0 Å². The van der Waals surface area contributed by atoms with Crippen LogP contribution in [0.1, 0.15) is 23.5 Å². The van der Waals surface area contributed by atoms with Gasteiger partial charge in [0.1, 0.15) is 10.7 Å². The second kappa shape index (κ2) is 7.86. The van der Waals surface area contributed by atoms with Gasteiger partial charge in [0.2, 0.25) is 0 Å². The monoisotopic (exact) mass is 329 g/mol. The Hall–Kier alpha value is -0.990. The molecule has 0 aromatic carbocycles. The molecule has 1 fully saturated rings. The van der Waals surface area contributed by atoms with Crippen LogP contribution in [-0.4, -0.2) is 59.5 Å². The molecule has 2 heterocycles. The van der Waals surface area contributed by atoms with Gasteiger partial charge < -0.3 is 16.4 Å². The first-order chi connectivity index (χ1) is 10.1. The largest absolute Gasteiger partial charge is 0.382 e. The summed E-state index contributed by atoms with van der Waals surface area (Å²) in [4.78, 5) is 19.2. The lowest BCUT2D eigenvalue weighted by molar-refractivity contribution is 0.0953. The number of nitrogen functional groups attached to an aromatic ring is 1. The predicted molar refractivity (Wildman–Crippen MR) is 91.4 cm³/mol. The number of nitrogens with one attached hydrogen (secondary N) is 2. The quantitative estimate of drug-likeness (QED) is 0.730. The molecule has 1 amide bonds. The number of nitrogens with two attached hydrogens (primary N) is 1. The number of thioether (sulfide) groups is 1. The molecule has 118 valence electrons. The normalized spacial score (nSPS) is 16.1. The third kappa shape index (κ3) is 5.05. The van der Waals surface area contributed by atoms with Gasteiger partial charge in [-0.3, -0.25) is 9.69 Å². The first kappa shape index (κ1) is 16.4. The van der Waals surface area contributed by atoms with Crippen molar-refractivity contribution in [3.05, 3.63) is 4.88 Å². The molecule has 1 aliphatic heterocycles. The summed E-state index contributed by atoms with van der Waals surface area (Å²) in [5, 5.41) is 6.79. The maximum absolute atomic E-state index is 12.1. The van der Waals surface area contributed by atoms with Crippen LogP contribution >= 0.6 is 23.1 Å². The van der Waals surface area contributed by atoms with Crippen molar-refractivity contribution in [1.82, 2.24) is 15.2 Å². The highest BCUT2D eigenvalue weighted by atomic mass is 32.2. The number of anilines is 2. The zero-order valence-electron chi connectivity index (χ0n) is 12.5.